The van der Waals surface area contributed by atoms with Crippen molar-refractivity contribution in [3.05, 3.63) is 57.6 Å². The number of hydrogen-bond donors (Lipinski definition) is 1. The number of amides is 1. The summed E-state index contributed by atoms with van der Waals surface area (Å²) in [5, 5.41) is 2.96. The molecule has 0 atom stereocenters. The Morgan fingerprint density at radius 2 is 1.83 bits per heavy atom. The van der Waals surface area contributed by atoms with Gasteiger partial charge in [-0.1, -0.05) is 35.3 Å². The lowest BCUT2D eigenvalue weighted by atomic mass is 10.1. The zero-order chi connectivity index (χ0) is 16.8. The molecule has 0 aliphatic rings. The van der Waals surface area contributed by atoms with Gasteiger partial charge in [-0.2, -0.15) is 0 Å². The van der Waals surface area contributed by atoms with E-state index in [1.54, 1.807) is 6.07 Å². The van der Waals surface area contributed by atoms with Crippen LogP contribution >= 0.6 is 15.9 Å². The standard InChI is InChI=1S/C19H22BrNO2/c1-4-5-8-23-18-7-6-15(20)12-17(18)19(22)21-16-10-13(2)9-14(3)11-16/h6-7,9-12H,4-5,8H2,1-3H3,(H,21,22). The van der Waals surface area contributed by atoms with Crippen LogP contribution in [0.25, 0.3) is 0 Å². The van der Waals surface area contributed by atoms with E-state index in [1.807, 2.05) is 38.1 Å². The summed E-state index contributed by atoms with van der Waals surface area (Å²) >= 11 is 3.42. The quantitative estimate of drug-likeness (QED) is 0.677. The van der Waals surface area contributed by atoms with E-state index in [0.717, 1.165) is 34.1 Å². The summed E-state index contributed by atoms with van der Waals surface area (Å²) in [6.07, 6.45) is 2.02. The maximum absolute atomic E-state index is 12.6. The van der Waals surface area contributed by atoms with Gasteiger partial charge in [-0.3, -0.25) is 4.79 Å². The number of hydrogen-bond acceptors (Lipinski definition) is 2. The third-order valence-electron chi connectivity index (χ3n) is 3.42. The van der Waals surface area contributed by atoms with Gasteiger partial charge in [0.05, 0.1) is 12.2 Å². The van der Waals surface area contributed by atoms with Crippen molar-refractivity contribution in [3.63, 3.8) is 0 Å². The van der Waals surface area contributed by atoms with Gasteiger partial charge in [0.15, 0.2) is 0 Å². The average molecular weight is 376 g/mol. The molecule has 1 N–H and O–H groups in total. The minimum atomic E-state index is -0.164. The first kappa shape index (κ1) is 17.5. The van der Waals surface area contributed by atoms with Crippen molar-refractivity contribution in [1.82, 2.24) is 0 Å². The molecule has 0 radical (unpaired) electrons. The number of aryl methyl sites for hydroxylation is 2. The van der Waals surface area contributed by atoms with Gasteiger partial charge in [0.2, 0.25) is 0 Å². The van der Waals surface area contributed by atoms with Crippen molar-refractivity contribution in [2.45, 2.75) is 33.6 Å². The van der Waals surface area contributed by atoms with Crippen molar-refractivity contribution in [2.24, 2.45) is 0 Å². The zero-order valence-corrected chi connectivity index (χ0v) is 15.4. The largest absolute Gasteiger partial charge is 0.493 e. The molecule has 0 spiro atoms. The predicted molar refractivity (Wildman–Crippen MR) is 98.4 cm³/mol. The summed E-state index contributed by atoms with van der Waals surface area (Å²) in [5.41, 5.74) is 3.57. The van der Waals surface area contributed by atoms with Gasteiger partial charge in [-0.05, 0) is 61.7 Å². The molecule has 0 fully saturated rings. The molecule has 0 heterocycles. The molecule has 122 valence electrons. The van der Waals surface area contributed by atoms with Gasteiger partial charge in [0, 0.05) is 10.2 Å². The number of benzene rings is 2. The second-order valence-corrected chi connectivity index (χ2v) is 6.59. The molecule has 1 amide bonds. The van der Waals surface area contributed by atoms with E-state index in [1.165, 1.54) is 0 Å². The molecule has 2 aromatic carbocycles. The number of rotatable bonds is 6. The first-order chi connectivity index (χ1) is 11.0. The van der Waals surface area contributed by atoms with Gasteiger partial charge >= 0.3 is 0 Å². The summed E-state index contributed by atoms with van der Waals surface area (Å²) in [5.74, 6) is 0.450. The van der Waals surface area contributed by atoms with Crippen molar-refractivity contribution < 1.29 is 9.53 Å². The predicted octanol–water partition coefficient (Wildman–Crippen LogP) is 5.50. The Hall–Kier alpha value is -1.81. The number of ether oxygens (including phenoxy) is 1. The lowest BCUT2D eigenvalue weighted by molar-refractivity contribution is 0.102. The summed E-state index contributed by atoms with van der Waals surface area (Å²) in [6.45, 7) is 6.75. The van der Waals surface area contributed by atoms with Gasteiger partial charge < -0.3 is 10.1 Å². The molecule has 23 heavy (non-hydrogen) atoms. The molecule has 0 bridgehead atoms. The Balaban J connectivity index is 2.21. The second kappa shape index (κ2) is 8.16. The minimum Gasteiger partial charge on any atom is -0.493 e. The highest BCUT2D eigenvalue weighted by atomic mass is 79.9. The van der Waals surface area contributed by atoms with Crippen LogP contribution in [0.15, 0.2) is 40.9 Å². The monoisotopic (exact) mass is 375 g/mol. The average Bonchev–Trinajstić information content (AvgIpc) is 2.47. The number of unbranched alkanes of at least 4 members (excludes halogenated alkanes) is 1. The fourth-order valence-electron chi connectivity index (χ4n) is 2.38. The molecule has 0 aliphatic carbocycles. The van der Waals surface area contributed by atoms with Gasteiger partial charge in [0.25, 0.3) is 5.91 Å². The molecule has 3 nitrogen and oxygen atoms in total. The van der Waals surface area contributed by atoms with E-state index in [2.05, 4.69) is 34.2 Å². The highest BCUT2D eigenvalue weighted by Crippen LogP contribution is 2.25. The van der Waals surface area contributed by atoms with Crippen molar-refractivity contribution >= 4 is 27.5 Å². The number of nitrogens with one attached hydrogen (secondary N) is 1. The number of carbonyl (C=O) groups is 1. The Morgan fingerprint density at radius 3 is 2.48 bits per heavy atom. The number of carbonyl (C=O) groups excluding carboxylic acids is 1. The molecule has 0 aliphatic heterocycles. The number of halogens is 1. The highest BCUT2D eigenvalue weighted by Gasteiger charge is 2.14. The van der Waals surface area contributed by atoms with Crippen LogP contribution in [0.1, 0.15) is 41.3 Å². The van der Waals surface area contributed by atoms with E-state index in [-0.39, 0.29) is 5.91 Å². The Kier molecular flexibility index (Phi) is 6.22. The van der Waals surface area contributed by atoms with E-state index in [4.69, 9.17) is 4.74 Å². The Morgan fingerprint density at radius 1 is 1.13 bits per heavy atom. The van der Waals surface area contributed by atoms with E-state index >= 15 is 0 Å². The fourth-order valence-corrected chi connectivity index (χ4v) is 2.74. The highest BCUT2D eigenvalue weighted by molar-refractivity contribution is 9.10. The summed E-state index contributed by atoms with van der Waals surface area (Å²) in [6, 6.07) is 11.5. The summed E-state index contributed by atoms with van der Waals surface area (Å²) in [7, 11) is 0. The van der Waals surface area contributed by atoms with Crippen LogP contribution in [0.2, 0.25) is 0 Å². The normalized spacial score (nSPS) is 10.4. The lowest BCUT2D eigenvalue weighted by Crippen LogP contribution is -2.14. The maximum Gasteiger partial charge on any atom is 0.259 e. The third kappa shape index (κ3) is 5.10. The second-order valence-electron chi connectivity index (χ2n) is 5.67. The third-order valence-corrected chi connectivity index (χ3v) is 3.91. The smallest absolute Gasteiger partial charge is 0.259 e. The Labute approximate surface area is 146 Å². The summed E-state index contributed by atoms with van der Waals surface area (Å²) in [4.78, 5) is 12.6. The first-order valence-corrected chi connectivity index (χ1v) is 8.61. The number of anilines is 1. The van der Waals surface area contributed by atoms with Crippen LogP contribution in [0.5, 0.6) is 5.75 Å². The van der Waals surface area contributed by atoms with Crippen molar-refractivity contribution in [2.75, 3.05) is 11.9 Å². The Bertz CT molecular complexity index is 678. The van der Waals surface area contributed by atoms with Crippen LogP contribution in [0, 0.1) is 13.8 Å². The van der Waals surface area contributed by atoms with Gasteiger partial charge in [0.1, 0.15) is 5.75 Å². The van der Waals surface area contributed by atoms with Gasteiger partial charge in [-0.25, -0.2) is 0 Å². The topological polar surface area (TPSA) is 38.3 Å². The van der Waals surface area contributed by atoms with Crippen LogP contribution < -0.4 is 10.1 Å². The molecule has 0 saturated carbocycles. The van der Waals surface area contributed by atoms with Crippen LogP contribution in [0.4, 0.5) is 5.69 Å². The molecule has 4 heteroatoms. The zero-order valence-electron chi connectivity index (χ0n) is 13.8. The van der Waals surface area contributed by atoms with Crippen LogP contribution in [-0.4, -0.2) is 12.5 Å². The van der Waals surface area contributed by atoms with Crippen molar-refractivity contribution in [1.29, 1.82) is 0 Å². The molecule has 0 aromatic heterocycles. The molecular weight excluding hydrogens is 354 g/mol. The molecule has 2 aromatic rings. The SMILES string of the molecule is CCCCOc1ccc(Br)cc1C(=O)Nc1cc(C)cc(C)c1. The minimum absolute atomic E-state index is 0.164. The maximum atomic E-state index is 12.6. The fraction of sp³-hybridized carbons (Fsp3) is 0.316. The molecule has 0 unspecified atom stereocenters. The van der Waals surface area contributed by atoms with E-state index in [9.17, 15) is 4.79 Å². The molecular formula is C19H22BrNO2. The van der Waals surface area contributed by atoms with E-state index < -0.39 is 0 Å². The van der Waals surface area contributed by atoms with Gasteiger partial charge in [-0.15, -0.1) is 0 Å². The first-order valence-electron chi connectivity index (χ1n) is 7.81. The lowest BCUT2D eigenvalue weighted by Gasteiger charge is -2.13. The van der Waals surface area contributed by atoms with Crippen LogP contribution in [0.3, 0.4) is 0 Å². The van der Waals surface area contributed by atoms with Crippen LogP contribution in [-0.2, 0) is 0 Å². The summed E-state index contributed by atoms with van der Waals surface area (Å²) < 4.78 is 6.61. The van der Waals surface area contributed by atoms with Crippen molar-refractivity contribution in [3.8, 4) is 5.75 Å². The molecule has 2 rings (SSSR count). The molecule has 0 saturated heterocycles. The van der Waals surface area contributed by atoms with E-state index in [0.29, 0.717) is 17.9 Å².